The summed E-state index contributed by atoms with van der Waals surface area (Å²) in [5.74, 6) is -0.764. The van der Waals surface area contributed by atoms with E-state index in [0.29, 0.717) is 8.67 Å². The second-order valence-corrected chi connectivity index (χ2v) is 6.87. The third-order valence-corrected chi connectivity index (χ3v) is 4.00. The number of halogens is 2. The molecule has 0 aliphatic rings. The quantitative estimate of drug-likeness (QED) is 0.863. The Morgan fingerprint density at radius 3 is 2.56 bits per heavy atom. The molecule has 1 aromatic rings. The number of hydrogen-bond acceptors (Lipinski definition) is 2. The van der Waals surface area contributed by atoms with Crippen LogP contribution in [0, 0.1) is 5.41 Å². The highest BCUT2D eigenvalue weighted by Gasteiger charge is 2.22. The Balaban J connectivity index is 2.57. The second-order valence-electron chi connectivity index (χ2n) is 4.58. The van der Waals surface area contributed by atoms with Gasteiger partial charge in [0.1, 0.15) is 0 Å². The molecule has 0 aliphatic heterocycles. The molecule has 0 saturated heterocycles. The van der Waals surface area contributed by atoms with E-state index in [9.17, 15) is 4.79 Å². The van der Waals surface area contributed by atoms with Crippen molar-refractivity contribution >= 4 is 40.5 Å². The minimum Gasteiger partial charge on any atom is -0.481 e. The van der Waals surface area contributed by atoms with Crippen molar-refractivity contribution in [2.75, 3.05) is 0 Å². The molecule has 1 aromatic heterocycles. The third kappa shape index (κ3) is 4.32. The molecule has 0 aromatic carbocycles. The van der Waals surface area contributed by atoms with Gasteiger partial charge >= 0.3 is 5.97 Å². The molecule has 0 fully saturated rings. The fraction of sp³-hybridized carbons (Fsp3) is 0.545. The van der Waals surface area contributed by atoms with Crippen molar-refractivity contribution in [3.8, 4) is 0 Å². The van der Waals surface area contributed by atoms with Gasteiger partial charge in [-0.25, -0.2) is 0 Å². The number of aliphatic carboxylic acids is 1. The van der Waals surface area contributed by atoms with E-state index in [2.05, 4.69) is 0 Å². The van der Waals surface area contributed by atoms with Crippen LogP contribution in [-0.2, 0) is 11.2 Å². The molecule has 0 unspecified atom stereocenters. The van der Waals surface area contributed by atoms with Crippen LogP contribution in [-0.4, -0.2) is 11.1 Å². The SMILES string of the molecule is CC(C)(CCc1cc(Cl)sc1Cl)CC(=O)O. The van der Waals surface area contributed by atoms with Crippen molar-refractivity contribution in [2.45, 2.75) is 33.1 Å². The Morgan fingerprint density at radius 1 is 1.50 bits per heavy atom. The first-order valence-electron chi connectivity index (χ1n) is 4.96. The molecule has 90 valence electrons. The van der Waals surface area contributed by atoms with Crippen molar-refractivity contribution in [3.63, 3.8) is 0 Å². The van der Waals surface area contributed by atoms with Gasteiger partial charge in [0.05, 0.1) is 15.1 Å². The lowest BCUT2D eigenvalue weighted by molar-refractivity contribution is -0.139. The van der Waals surface area contributed by atoms with Crippen molar-refractivity contribution in [3.05, 3.63) is 20.3 Å². The molecular formula is C11H14Cl2O2S. The average molecular weight is 281 g/mol. The van der Waals surface area contributed by atoms with Crippen molar-refractivity contribution in [1.29, 1.82) is 0 Å². The Hall–Kier alpha value is -0.250. The average Bonchev–Trinajstić information content (AvgIpc) is 2.39. The monoisotopic (exact) mass is 280 g/mol. The number of carbonyl (C=O) groups is 1. The molecule has 0 radical (unpaired) electrons. The van der Waals surface area contributed by atoms with E-state index in [1.807, 2.05) is 19.9 Å². The summed E-state index contributed by atoms with van der Waals surface area (Å²) in [4.78, 5) is 10.7. The topological polar surface area (TPSA) is 37.3 Å². The molecule has 1 rings (SSSR count). The van der Waals surface area contributed by atoms with Gasteiger partial charge in [0.25, 0.3) is 0 Å². The van der Waals surface area contributed by atoms with Crippen LogP contribution < -0.4 is 0 Å². The van der Waals surface area contributed by atoms with Crippen molar-refractivity contribution in [1.82, 2.24) is 0 Å². The summed E-state index contributed by atoms with van der Waals surface area (Å²) in [7, 11) is 0. The van der Waals surface area contributed by atoms with Crippen LogP contribution in [0.4, 0.5) is 0 Å². The van der Waals surface area contributed by atoms with Gasteiger partial charge in [0.15, 0.2) is 0 Å². The zero-order chi connectivity index (χ0) is 12.3. The highest BCUT2D eigenvalue weighted by molar-refractivity contribution is 7.20. The predicted octanol–water partition coefficient (Wildman–Crippen LogP) is 4.49. The van der Waals surface area contributed by atoms with E-state index in [-0.39, 0.29) is 11.8 Å². The summed E-state index contributed by atoms with van der Waals surface area (Å²) >= 11 is 13.2. The predicted molar refractivity (Wildman–Crippen MR) is 68.7 cm³/mol. The highest BCUT2D eigenvalue weighted by Crippen LogP contribution is 2.34. The molecule has 1 N–H and O–H groups in total. The summed E-state index contributed by atoms with van der Waals surface area (Å²) in [6, 6.07) is 1.85. The minimum atomic E-state index is -0.764. The van der Waals surface area contributed by atoms with E-state index in [0.717, 1.165) is 18.4 Å². The summed E-state index contributed by atoms with van der Waals surface area (Å²) < 4.78 is 1.38. The number of aryl methyl sites for hydroxylation is 1. The van der Waals surface area contributed by atoms with Crippen molar-refractivity contribution < 1.29 is 9.90 Å². The van der Waals surface area contributed by atoms with E-state index in [1.165, 1.54) is 11.3 Å². The van der Waals surface area contributed by atoms with Crippen LogP contribution in [0.15, 0.2) is 6.07 Å². The lowest BCUT2D eigenvalue weighted by Crippen LogP contribution is -2.17. The van der Waals surface area contributed by atoms with Crippen molar-refractivity contribution in [2.24, 2.45) is 5.41 Å². The molecule has 0 bridgehead atoms. The van der Waals surface area contributed by atoms with Gasteiger partial charge in [-0.3, -0.25) is 4.79 Å². The molecule has 0 amide bonds. The fourth-order valence-corrected chi connectivity index (χ4v) is 3.06. The van der Waals surface area contributed by atoms with Crippen LogP contribution in [0.1, 0.15) is 32.3 Å². The van der Waals surface area contributed by atoms with E-state index in [4.69, 9.17) is 28.3 Å². The largest absolute Gasteiger partial charge is 0.481 e. The molecule has 5 heteroatoms. The van der Waals surface area contributed by atoms with Gasteiger partial charge in [-0.1, -0.05) is 37.0 Å². The molecule has 1 heterocycles. The van der Waals surface area contributed by atoms with Crippen LogP contribution in [0.3, 0.4) is 0 Å². The van der Waals surface area contributed by atoms with E-state index < -0.39 is 5.97 Å². The Morgan fingerprint density at radius 2 is 2.12 bits per heavy atom. The van der Waals surface area contributed by atoms with E-state index in [1.54, 1.807) is 0 Å². The smallest absolute Gasteiger partial charge is 0.303 e. The van der Waals surface area contributed by atoms with Crippen LogP contribution in [0.2, 0.25) is 8.67 Å². The van der Waals surface area contributed by atoms with Crippen LogP contribution in [0.25, 0.3) is 0 Å². The molecule has 0 atom stereocenters. The fourth-order valence-electron chi connectivity index (χ4n) is 1.52. The van der Waals surface area contributed by atoms with Gasteiger partial charge in [0.2, 0.25) is 0 Å². The molecule has 2 nitrogen and oxygen atoms in total. The number of hydrogen-bond donors (Lipinski definition) is 1. The second kappa shape index (κ2) is 5.39. The summed E-state index contributed by atoms with van der Waals surface area (Å²) in [6.07, 6.45) is 1.72. The summed E-state index contributed by atoms with van der Waals surface area (Å²) in [6.45, 7) is 3.89. The van der Waals surface area contributed by atoms with Gasteiger partial charge in [-0.15, -0.1) is 11.3 Å². The first-order chi connectivity index (χ1) is 7.30. The third-order valence-electron chi connectivity index (χ3n) is 2.43. The Bertz CT molecular complexity index is 385. The minimum absolute atomic E-state index is 0.169. The zero-order valence-electron chi connectivity index (χ0n) is 9.22. The van der Waals surface area contributed by atoms with Crippen LogP contribution in [0.5, 0.6) is 0 Å². The Labute approximate surface area is 109 Å². The number of carboxylic acids is 1. The number of thiophene rings is 1. The zero-order valence-corrected chi connectivity index (χ0v) is 11.5. The van der Waals surface area contributed by atoms with Gasteiger partial charge in [-0.05, 0) is 29.9 Å². The maximum absolute atomic E-state index is 10.7. The molecule has 0 saturated carbocycles. The summed E-state index contributed by atoms with van der Waals surface area (Å²) in [5.41, 5.74) is 0.791. The number of carboxylic acid groups (broad SMARTS) is 1. The molecular weight excluding hydrogens is 267 g/mol. The first-order valence-corrected chi connectivity index (χ1v) is 6.53. The maximum atomic E-state index is 10.7. The summed E-state index contributed by atoms with van der Waals surface area (Å²) in [5, 5.41) is 8.76. The van der Waals surface area contributed by atoms with Crippen LogP contribution >= 0.6 is 34.5 Å². The Kier molecular flexibility index (Phi) is 4.65. The molecule has 16 heavy (non-hydrogen) atoms. The van der Waals surface area contributed by atoms with Gasteiger partial charge < -0.3 is 5.11 Å². The van der Waals surface area contributed by atoms with Gasteiger partial charge in [-0.2, -0.15) is 0 Å². The maximum Gasteiger partial charge on any atom is 0.303 e. The number of rotatable bonds is 5. The lowest BCUT2D eigenvalue weighted by Gasteiger charge is -2.21. The highest BCUT2D eigenvalue weighted by atomic mass is 35.5. The van der Waals surface area contributed by atoms with Gasteiger partial charge in [0, 0.05) is 0 Å². The van der Waals surface area contributed by atoms with E-state index >= 15 is 0 Å². The lowest BCUT2D eigenvalue weighted by atomic mass is 9.83. The molecule has 0 aliphatic carbocycles. The normalized spacial score (nSPS) is 11.8. The first kappa shape index (κ1) is 13.8. The standard InChI is InChI=1S/C11H14Cl2O2S/c1-11(2,6-9(14)15)4-3-7-5-8(12)16-10(7)13/h5H,3-4,6H2,1-2H3,(H,14,15). The molecule has 0 spiro atoms.